The van der Waals surface area contributed by atoms with Gasteiger partial charge in [0.15, 0.2) is 0 Å². The maximum atomic E-state index is 12.8. The second-order valence-electron chi connectivity index (χ2n) is 4.71. The monoisotopic (exact) mass is 314 g/mol. The Morgan fingerprint density at radius 1 is 1.38 bits per heavy atom. The number of methoxy groups -OCH3 is 2. The molecule has 1 heterocycles. The van der Waals surface area contributed by atoms with Gasteiger partial charge in [-0.3, -0.25) is 4.79 Å². The van der Waals surface area contributed by atoms with E-state index in [1.54, 1.807) is 6.07 Å². The molecule has 0 bridgehead atoms. The molecule has 0 amide bonds. The Balaban J connectivity index is 2.47. The summed E-state index contributed by atoms with van der Waals surface area (Å²) in [5, 5.41) is 0. The zero-order valence-corrected chi connectivity index (χ0v) is 12.7. The molecule has 7 nitrogen and oxygen atoms in total. The van der Waals surface area contributed by atoms with Gasteiger partial charge in [0.05, 0.1) is 14.2 Å². The molecule has 1 aromatic carbocycles. The predicted octanol–water partition coefficient (Wildman–Crippen LogP) is 0.603. The molecule has 1 atom stereocenters. The van der Waals surface area contributed by atoms with Crippen molar-refractivity contribution in [3.63, 3.8) is 0 Å². The molecule has 2 rings (SSSR count). The van der Waals surface area contributed by atoms with Crippen LogP contribution in [0, 0.1) is 0 Å². The van der Waals surface area contributed by atoms with Gasteiger partial charge in [0, 0.05) is 12.2 Å². The number of carbonyl (C=O) groups is 1. The summed E-state index contributed by atoms with van der Waals surface area (Å²) in [6, 6.07) is 3.58. The van der Waals surface area contributed by atoms with Gasteiger partial charge in [-0.25, -0.2) is 8.42 Å². The Morgan fingerprint density at radius 3 is 2.71 bits per heavy atom. The topological polar surface area (TPSA) is 98.9 Å². The number of hydrogen-bond acceptors (Lipinski definition) is 6. The van der Waals surface area contributed by atoms with Crippen LogP contribution in [0.2, 0.25) is 0 Å². The van der Waals surface area contributed by atoms with Crippen molar-refractivity contribution >= 4 is 21.7 Å². The molecule has 116 valence electrons. The zero-order valence-electron chi connectivity index (χ0n) is 11.9. The molecular weight excluding hydrogens is 296 g/mol. The molecule has 21 heavy (non-hydrogen) atoms. The molecule has 1 fully saturated rings. The minimum Gasteiger partial charge on any atom is -0.495 e. The van der Waals surface area contributed by atoms with Crippen molar-refractivity contribution in [2.75, 3.05) is 26.5 Å². The smallest absolute Gasteiger partial charge is 0.324 e. The van der Waals surface area contributed by atoms with Crippen LogP contribution in [0.4, 0.5) is 5.69 Å². The van der Waals surface area contributed by atoms with Crippen molar-refractivity contribution in [2.24, 2.45) is 0 Å². The van der Waals surface area contributed by atoms with Gasteiger partial charge in [-0.05, 0) is 31.0 Å². The third-order valence-corrected chi connectivity index (χ3v) is 5.38. The first-order chi connectivity index (χ1) is 9.91. The van der Waals surface area contributed by atoms with E-state index in [0.29, 0.717) is 18.5 Å². The van der Waals surface area contributed by atoms with Crippen molar-refractivity contribution < 1.29 is 22.7 Å². The first kappa shape index (κ1) is 15.6. The van der Waals surface area contributed by atoms with E-state index >= 15 is 0 Å². The van der Waals surface area contributed by atoms with E-state index in [4.69, 9.17) is 10.5 Å². The predicted molar refractivity (Wildman–Crippen MR) is 76.3 cm³/mol. The fourth-order valence-corrected chi connectivity index (χ4v) is 4.26. The second-order valence-corrected chi connectivity index (χ2v) is 6.57. The minimum atomic E-state index is -3.88. The lowest BCUT2D eigenvalue weighted by molar-refractivity contribution is -0.144. The van der Waals surface area contributed by atoms with Gasteiger partial charge >= 0.3 is 5.97 Å². The summed E-state index contributed by atoms with van der Waals surface area (Å²) >= 11 is 0. The van der Waals surface area contributed by atoms with Crippen LogP contribution in [0.5, 0.6) is 5.75 Å². The average Bonchev–Trinajstić information content (AvgIpc) is 2.96. The first-order valence-electron chi connectivity index (χ1n) is 6.45. The van der Waals surface area contributed by atoms with E-state index < -0.39 is 22.0 Å². The van der Waals surface area contributed by atoms with Crippen LogP contribution in [0.15, 0.2) is 23.1 Å². The highest BCUT2D eigenvalue weighted by Crippen LogP contribution is 2.33. The van der Waals surface area contributed by atoms with Gasteiger partial charge in [-0.2, -0.15) is 4.31 Å². The third-order valence-electron chi connectivity index (χ3n) is 3.45. The molecular formula is C13H18N2O5S. The van der Waals surface area contributed by atoms with Crippen molar-refractivity contribution in [2.45, 2.75) is 23.8 Å². The number of rotatable bonds is 4. The number of nitrogens with zero attached hydrogens (tertiary/aromatic N) is 1. The van der Waals surface area contributed by atoms with Crippen molar-refractivity contribution in [3.05, 3.63) is 18.2 Å². The molecule has 1 aliphatic rings. The molecule has 8 heteroatoms. The number of benzene rings is 1. The summed E-state index contributed by atoms with van der Waals surface area (Å²) in [6.07, 6.45) is 1.04. The summed E-state index contributed by atoms with van der Waals surface area (Å²) in [5.41, 5.74) is 5.98. The Bertz CT molecular complexity index is 644. The highest BCUT2D eigenvalue weighted by molar-refractivity contribution is 7.89. The van der Waals surface area contributed by atoms with Crippen molar-refractivity contribution in [3.8, 4) is 5.75 Å². The SMILES string of the molecule is COC(=O)C1CCCN1S(=O)(=O)c1cc(N)ccc1OC. The lowest BCUT2D eigenvalue weighted by Crippen LogP contribution is -2.41. The van der Waals surface area contributed by atoms with Gasteiger partial charge in [-0.15, -0.1) is 0 Å². The summed E-state index contributed by atoms with van der Waals surface area (Å²) in [5.74, 6) is -0.362. The van der Waals surface area contributed by atoms with Crippen molar-refractivity contribution in [1.82, 2.24) is 4.31 Å². The molecule has 2 N–H and O–H groups in total. The van der Waals surface area contributed by atoms with E-state index in [2.05, 4.69) is 4.74 Å². The lowest BCUT2D eigenvalue weighted by atomic mass is 10.2. The summed E-state index contributed by atoms with van der Waals surface area (Å²) in [4.78, 5) is 11.7. The van der Waals surface area contributed by atoms with Gasteiger partial charge in [-0.1, -0.05) is 0 Å². The molecule has 1 aromatic rings. The van der Waals surface area contributed by atoms with Crippen LogP contribution in [0.1, 0.15) is 12.8 Å². The van der Waals surface area contributed by atoms with Gasteiger partial charge in [0.2, 0.25) is 10.0 Å². The molecule has 0 saturated carbocycles. The first-order valence-corrected chi connectivity index (χ1v) is 7.89. The summed E-state index contributed by atoms with van der Waals surface area (Å²) < 4.78 is 36.5. The molecule has 0 aromatic heterocycles. The second kappa shape index (κ2) is 5.90. The number of anilines is 1. The highest BCUT2D eigenvalue weighted by Gasteiger charge is 2.41. The lowest BCUT2D eigenvalue weighted by Gasteiger charge is -2.23. The maximum absolute atomic E-state index is 12.8. The Morgan fingerprint density at radius 2 is 2.10 bits per heavy atom. The van der Waals surface area contributed by atoms with Crippen LogP contribution in [0.3, 0.4) is 0 Å². The van der Waals surface area contributed by atoms with E-state index in [0.717, 1.165) is 4.31 Å². The number of carbonyl (C=O) groups excluding carboxylic acids is 1. The van der Waals surface area contributed by atoms with Crippen LogP contribution < -0.4 is 10.5 Å². The number of hydrogen-bond donors (Lipinski definition) is 1. The highest BCUT2D eigenvalue weighted by atomic mass is 32.2. The largest absolute Gasteiger partial charge is 0.495 e. The fourth-order valence-electron chi connectivity index (χ4n) is 2.42. The minimum absolute atomic E-state index is 0.0409. The van der Waals surface area contributed by atoms with Gasteiger partial charge < -0.3 is 15.2 Å². The van der Waals surface area contributed by atoms with Crippen LogP contribution in [0.25, 0.3) is 0 Å². The fraction of sp³-hybridized carbons (Fsp3) is 0.462. The van der Waals surface area contributed by atoms with Crippen LogP contribution in [-0.2, 0) is 19.6 Å². The van der Waals surface area contributed by atoms with Gasteiger partial charge in [0.25, 0.3) is 0 Å². The van der Waals surface area contributed by atoms with Crippen molar-refractivity contribution in [1.29, 1.82) is 0 Å². The molecule has 0 radical (unpaired) electrons. The molecule has 0 spiro atoms. The van der Waals surface area contributed by atoms with E-state index in [1.165, 1.54) is 26.4 Å². The number of esters is 1. The number of sulfonamides is 1. The van der Waals surface area contributed by atoms with Crippen LogP contribution >= 0.6 is 0 Å². The van der Waals surface area contributed by atoms with E-state index in [9.17, 15) is 13.2 Å². The van der Waals surface area contributed by atoms with Gasteiger partial charge in [0.1, 0.15) is 16.7 Å². The number of nitrogen functional groups attached to an aromatic ring is 1. The molecule has 1 aliphatic heterocycles. The maximum Gasteiger partial charge on any atom is 0.324 e. The number of ether oxygens (including phenoxy) is 2. The quantitative estimate of drug-likeness (QED) is 0.645. The Kier molecular flexibility index (Phi) is 4.38. The van der Waals surface area contributed by atoms with Crippen LogP contribution in [-0.4, -0.2) is 45.5 Å². The third kappa shape index (κ3) is 2.81. The standard InChI is InChI=1S/C13H18N2O5S/c1-19-11-6-5-9(14)8-12(11)21(17,18)15-7-3-4-10(15)13(16)20-2/h5-6,8,10H,3-4,7,14H2,1-2H3. The Labute approximate surface area is 123 Å². The zero-order chi connectivity index (χ0) is 15.6. The molecule has 1 saturated heterocycles. The van der Waals surface area contributed by atoms with E-state index in [1.807, 2.05) is 0 Å². The summed E-state index contributed by atoms with van der Waals surface area (Å²) in [6.45, 7) is 0.264. The number of nitrogens with two attached hydrogens (primary N) is 1. The molecule has 0 aliphatic carbocycles. The normalized spacial score (nSPS) is 19.4. The molecule has 1 unspecified atom stereocenters. The Hall–Kier alpha value is -1.80. The summed E-state index contributed by atoms with van der Waals surface area (Å²) in [7, 11) is -1.26. The van der Waals surface area contributed by atoms with E-state index in [-0.39, 0.29) is 17.2 Å². The average molecular weight is 314 g/mol.